The van der Waals surface area contributed by atoms with Crippen LogP contribution < -0.4 is 11.1 Å². The summed E-state index contributed by atoms with van der Waals surface area (Å²) in [6.07, 6.45) is 6.42. The summed E-state index contributed by atoms with van der Waals surface area (Å²) in [7, 11) is 0. The third-order valence-corrected chi connectivity index (χ3v) is 6.17. The van der Waals surface area contributed by atoms with E-state index in [1.165, 1.54) is 4.88 Å². The van der Waals surface area contributed by atoms with Crippen molar-refractivity contribution in [2.45, 2.75) is 72.6 Å². The highest BCUT2D eigenvalue weighted by Crippen LogP contribution is 2.44. The van der Waals surface area contributed by atoms with Crippen LogP contribution in [0.15, 0.2) is 0 Å². The predicted octanol–water partition coefficient (Wildman–Crippen LogP) is 4.52. The molecular weight excluding hydrogens is 320 g/mol. The predicted molar refractivity (Wildman–Crippen MR) is 101 cm³/mol. The van der Waals surface area contributed by atoms with Gasteiger partial charge in [0.15, 0.2) is 0 Å². The molecule has 0 bridgehead atoms. The van der Waals surface area contributed by atoms with Gasteiger partial charge in [-0.3, -0.25) is 9.59 Å². The van der Waals surface area contributed by atoms with E-state index in [2.05, 4.69) is 33.0 Å². The maximum atomic E-state index is 12.1. The molecule has 1 aliphatic carbocycles. The van der Waals surface area contributed by atoms with Crippen LogP contribution in [0.3, 0.4) is 0 Å². The molecule has 1 aromatic rings. The number of rotatable bonds is 6. The van der Waals surface area contributed by atoms with Crippen LogP contribution >= 0.6 is 11.3 Å². The number of fused-ring (bicyclic) bond motifs is 1. The lowest BCUT2D eigenvalue weighted by Crippen LogP contribution is -2.27. The normalized spacial score (nSPS) is 17.4. The number of thiophene rings is 1. The Hall–Kier alpha value is -1.36. The van der Waals surface area contributed by atoms with E-state index in [0.29, 0.717) is 22.9 Å². The number of amides is 2. The molecule has 2 rings (SSSR count). The fraction of sp³-hybridized carbons (Fsp3) is 0.684. The summed E-state index contributed by atoms with van der Waals surface area (Å²) in [6.45, 7) is 8.91. The lowest BCUT2D eigenvalue weighted by atomic mass is 9.72. The second kappa shape index (κ2) is 7.68. The molecule has 0 aromatic carbocycles. The fourth-order valence-electron chi connectivity index (χ4n) is 3.40. The van der Waals surface area contributed by atoms with Crippen molar-refractivity contribution in [1.82, 2.24) is 0 Å². The van der Waals surface area contributed by atoms with E-state index in [0.717, 1.165) is 44.1 Å². The van der Waals surface area contributed by atoms with Crippen LogP contribution in [0.4, 0.5) is 5.00 Å². The SMILES string of the molecule is CCCCCC(=O)Nc1sc2c(c1C(N)=O)CC[C@@H](C(C)(C)C)C2. The Morgan fingerprint density at radius 2 is 2.00 bits per heavy atom. The monoisotopic (exact) mass is 350 g/mol. The molecular formula is C19H30N2O2S. The van der Waals surface area contributed by atoms with Crippen LogP contribution in [0.25, 0.3) is 0 Å². The third kappa shape index (κ3) is 4.38. The molecule has 24 heavy (non-hydrogen) atoms. The zero-order valence-electron chi connectivity index (χ0n) is 15.3. The second-order valence-corrected chi connectivity index (χ2v) is 8.99. The van der Waals surface area contributed by atoms with Crippen molar-refractivity contribution in [1.29, 1.82) is 0 Å². The summed E-state index contributed by atoms with van der Waals surface area (Å²) < 4.78 is 0. The van der Waals surface area contributed by atoms with Gasteiger partial charge in [-0.25, -0.2) is 0 Å². The molecule has 0 radical (unpaired) electrons. The Bertz CT molecular complexity index is 614. The number of anilines is 1. The van der Waals surface area contributed by atoms with E-state index in [9.17, 15) is 9.59 Å². The van der Waals surface area contributed by atoms with Gasteiger partial charge in [0.1, 0.15) is 5.00 Å². The molecule has 4 nitrogen and oxygen atoms in total. The summed E-state index contributed by atoms with van der Waals surface area (Å²) in [5.74, 6) is 0.153. The molecule has 0 spiro atoms. The molecule has 3 N–H and O–H groups in total. The van der Waals surface area contributed by atoms with Crippen molar-refractivity contribution in [3.63, 3.8) is 0 Å². The van der Waals surface area contributed by atoms with Crippen molar-refractivity contribution in [2.24, 2.45) is 17.1 Å². The number of carbonyl (C=O) groups excluding carboxylic acids is 2. The minimum absolute atomic E-state index is 0.0167. The third-order valence-electron chi connectivity index (χ3n) is 5.00. The van der Waals surface area contributed by atoms with Gasteiger partial charge in [-0.05, 0) is 42.6 Å². The van der Waals surface area contributed by atoms with Crippen LogP contribution in [0.2, 0.25) is 0 Å². The maximum Gasteiger partial charge on any atom is 0.251 e. The van der Waals surface area contributed by atoms with E-state index in [1.807, 2.05) is 0 Å². The lowest BCUT2D eigenvalue weighted by Gasteiger charge is -2.33. The molecule has 1 aromatic heterocycles. The summed E-state index contributed by atoms with van der Waals surface area (Å²) in [5.41, 5.74) is 7.48. The van der Waals surface area contributed by atoms with Crippen molar-refractivity contribution < 1.29 is 9.59 Å². The van der Waals surface area contributed by atoms with Gasteiger partial charge >= 0.3 is 0 Å². The Morgan fingerprint density at radius 1 is 1.29 bits per heavy atom. The van der Waals surface area contributed by atoms with Gasteiger partial charge in [0.25, 0.3) is 5.91 Å². The smallest absolute Gasteiger partial charge is 0.251 e. The highest BCUT2D eigenvalue weighted by Gasteiger charge is 2.33. The molecule has 0 saturated heterocycles. The summed E-state index contributed by atoms with van der Waals surface area (Å²) in [5, 5.41) is 3.60. The average molecular weight is 351 g/mol. The van der Waals surface area contributed by atoms with Crippen molar-refractivity contribution >= 4 is 28.2 Å². The quantitative estimate of drug-likeness (QED) is 0.741. The van der Waals surface area contributed by atoms with Crippen molar-refractivity contribution in [3.05, 3.63) is 16.0 Å². The molecule has 2 amide bonds. The van der Waals surface area contributed by atoms with Gasteiger partial charge in [0.05, 0.1) is 5.56 Å². The molecule has 1 atom stereocenters. The first-order chi connectivity index (χ1) is 11.2. The topological polar surface area (TPSA) is 72.2 Å². The summed E-state index contributed by atoms with van der Waals surface area (Å²) in [4.78, 5) is 25.3. The van der Waals surface area contributed by atoms with E-state index in [1.54, 1.807) is 11.3 Å². The molecule has 5 heteroatoms. The van der Waals surface area contributed by atoms with E-state index in [-0.39, 0.29) is 11.3 Å². The Kier molecular flexibility index (Phi) is 6.07. The van der Waals surface area contributed by atoms with Gasteiger partial charge < -0.3 is 11.1 Å². The minimum Gasteiger partial charge on any atom is -0.365 e. The van der Waals surface area contributed by atoms with E-state index in [4.69, 9.17) is 5.73 Å². The van der Waals surface area contributed by atoms with Crippen LogP contribution in [-0.2, 0) is 17.6 Å². The zero-order chi connectivity index (χ0) is 17.9. The van der Waals surface area contributed by atoms with Crippen molar-refractivity contribution in [2.75, 3.05) is 5.32 Å². The standard InChI is InChI=1S/C19H30N2O2S/c1-5-6-7-8-15(22)21-18-16(17(20)23)13-10-9-12(19(2,3)4)11-14(13)24-18/h12H,5-11H2,1-4H3,(H2,20,23)(H,21,22)/t12-/m1/s1. The van der Waals surface area contributed by atoms with Crippen LogP contribution in [-0.4, -0.2) is 11.8 Å². The summed E-state index contributed by atoms with van der Waals surface area (Å²) in [6, 6.07) is 0. The second-order valence-electron chi connectivity index (χ2n) is 7.88. The van der Waals surface area contributed by atoms with Crippen LogP contribution in [0.1, 0.15) is 80.6 Å². The maximum absolute atomic E-state index is 12.1. The van der Waals surface area contributed by atoms with E-state index >= 15 is 0 Å². The number of nitrogens with one attached hydrogen (secondary N) is 1. The van der Waals surface area contributed by atoms with E-state index < -0.39 is 5.91 Å². The van der Waals surface area contributed by atoms with Gasteiger partial charge in [-0.2, -0.15) is 0 Å². The van der Waals surface area contributed by atoms with Gasteiger partial charge in [0.2, 0.25) is 5.91 Å². The van der Waals surface area contributed by atoms with Crippen LogP contribution in [0, 0.1) is 11.3 Å². The number of hydrogen-bond acceptors (Lipinski definition) is 3. The highest BCUT2D eigenvalue weighted by atomic mass is 32.1. The first-order valence-electron chi connectivity index (χ1n) is 8.98. The Labute approximate surface area is 149 Å². The number of hydrogen-bond donors (Lipinski definition) is 2. The number of primary amides is 1. The molecule has 0 aliphatic heterocycles. The Morgan fingerprint density at radius 3 is 2.58 bits per heavy atom. The lowest BCUT2D eigenvalue weighted by molar-refractivity contribution is -0.116. The Balaban J connectivity index is 2.20. The minimum atomic E-state index is -0.425. The fourth-order valence-corrected chi connectivity index (χ4v) is 4.75. The molecule has 0 saturated carbocycles. The van der Waals surface area contributed by atoms with Gasteiger partial charge in [0, 0.05) is 11.3 Å². The van der Waals surface area contributed by atoms with Crippen LogP contribution in [0.5, 0.6) is 0 Å². The van der Waals surface area contributed by atoms with Gasteiger partial charge in [-0.15, -0.1) is 11.3 Å². The first-order valence-corrected chi connectivity index (χ1v) is 9.79. The number of nitrogens with two attached hydrogens (primary N) is 1. The highest BCUT2D eigenvalue weighted by molar-refractivity contribution is 7.17. The first kappa shape index (κ1) is 19.0. The number of unbranched alkanes of at least 4 members (excludes halogenated alkanes) is 2. The zero-order valence-corrected chi connectivity index (χ0v) is 16.1. The largest absolute Gasteiger partial charge is 0.365 e. The van der Waals surface area contributed by atoms with Crippen molar-refractivity contribution in [3.8, 4) is 0 Å². The summed E-state index contributed by atoms with van der Waals surface area (Å²) >= 11 is 1.54. The molecule has 1 aliphatic rings. The molecule has 134 valence electrons. The van der Waals surface area contributed by atoms with Gasteiger partial charge in [-0.1, -0.05) is 40.5 Å². The molecule has 1 heterocycles. The average Bonchev–Trinajstić information content (AvgIpc) is 2.83. The molecule has 0 fully saturated rings. The number of carbonyl (C=O) groups is 2. The molecule has 0 unspecified atom stereocenters.